The molecule has 0 bridgehead atoms. The van der Waals surface area contributed by atoms with Gasteiger partial charge >= 0.3 is 0 Å². The van der Waals surface area contributed by atoms with Crippen LogP contribution in [0.25, 0.3) is 17.3 Å². The van der Waals surface area contributed by atoms with E-state index in [9.17, 15) is 9.59 Å². The summed E-state index contributed by atoms with van der Waals surface area (Å²) < 4.78 is 5.42. The molecule has 9 nitrogen and oxygen atoms in total. The maximum Gasteiger partial charge on any atom is 0.267 e. The van der Waals surface area contributed by atoms with Gasteiger partial charge in [-0.3, -0.25) is 14.6 Å². The fraction of sp³-hybridized carbons (Fsp3) is 0.200. The first-order valence-corrected chi connectivity index (χ1v) is 13.8. The molecular weight excluding hydrogens is 526 g/mol. The zero-order valence-electron chi connectivity index (χ0n) is 21.9. The fourth-order valence-electron chi connectivity index (χ4n) is 4.01. The first kappa shape index (κ1) is 27.2. The lowest BCUT2D eigenvalue weighted by molar-refractivity contribution is -0.198. The standard InChI is InChI=1S/C30H29N5O4S/c1-20-7-13-24(17-25(20)33-30-34-26(19-40-30)23-5-4-15-31-18-23)32-29(37)22-11-8-21(9-12-22)10-14-27(36)35-39-28-6-2-3-16-38-28/h4-5,7-15,17-19,28H,2-3,6,16H2,1H3,(H,32,37)(H,33,34)(H,35,36). The van der Waals surface area contributed by atoms with E-state index in [1.165, 1.54) is 17.4 Å². The van der Waals surface area contributed by atoms with Gasteiger partial charge in [-0.1, -0.05) is 18.2 Å². The highest BCUT2D eigenvalue weighted by molar-refractivity contribution is 7.14. The smallest absolute Gasteiger partial charge is 0.267 e. The van der Waals surface area contributed by atoms with Crippen molar-refractivity contribution in [1.29, 1.82) is 0 Å². The van der Waals surface area contributed by atoms with Crippen molar-refractivity contribution < 1.29 is 19.2 Å². The van der Waals surface area contributed by atoms with Gasteiger partial charge in [0.1, 0.15) is 0 Å². The molecule has 1 saturated heterocycles. The number of anilines is 3. The second-order valence-corrected chi connectivity index (χ2v) is 10.1. The number of hydrogen-bond acceptors (Lipinski definition) is 8. The average molecular weight is 556 g/mol. The van der Waals surface area contributed by atoms with E-state index in [-0.39, 0.29) is 11.8 Å². The Morgan fingerprint density at radius 3 is 2.77 bits per heavy atom. The molecule has 2 aromatic heterocycles. The van der Waals surface area contributed by atoms with Crippen molar-refractivity contribution in [2.45, 2.75) is 32.5 Å². The number of carbonyl (C=O) groups excluding carboxylic acids is 2. The number of pyridine rings is 1. The number of thiazole rings is 1. The normalized spacial score (nSPS) is 15.1. The summed E-state index contributed by atoms with van der Waals surface area (Å²) in [6, 6.07) is 16.5. The number of hydrogen-bond donors (Lipinski definition) is 3. The van der Waals surface area contributed by atoms with Gasteiger partial charge in [0.15, 0.2) is 11.4 Å². The van der Waals surface area contributed by atoms with Crippen molar-refractivity contribution in [2.75, 3.05) is 17.2 Å². The molecule has 40 heavy (non-hydrogen) atoms. The van der Waals surface area contributed by atoms with Crippen LogP contribution >= 0.6 is 11.3 Å². The third-order valence-corrected chi connectivity index (χ3v) is 6.99. The largest absolute Gasteiger partial charge is 0.350 e. The molecule has 1 unspecified atom stereocenters. The Balaban J connectivity index is 1.16. The van der Waals surface area contributed by atoms with Crippen LogP contribution in [0.15, 0.2) is 78.4 Å². The molecule has 0 aliphatic carbocycles. The maximum atomic E-state index is 12.9. The Bertz CT molecular complexity index is 1480. The number of ether oxygens (including phenoxy) is 1. The Hall–Kier alpha value is -4.38. The Kier molecular flexibility index (Phi) is 8.92. The molecule has 3 heterocycles. The first-order valence-electron chi connectivity index (χ1n) is 12.9. The second-order valence-electron chi connectivity index (χ2n) is 9.22. The van der Waals surface area contributed by atoms with Crippen LogP contribution < -0.4 is 16.1 Å². The van der Waals surface area contributed by atoms with Crippen molar-refractivity contribution in [1.82, 2.24) is 15.4 Å². The summed E-state index contributed by atoms with van der Waals surface area (Å²) in [5.41, 5.74) is 7.99. The van der Waals surface area contributed by atoms with E-state index in [0.29, 0.717) is 17.9 Å². The molecule has 2 aromatic carbocycles. The zero-order valence-corrected chi connectivity index (χ0v) is 22.7. The third-order valence-electron chi connectivity index (χ3n) is 6.23. The lowest BCUT2D eigenvalue weighted by Gasteiger charge is -2.21. The Morgan fingerprint density at radius 1 is 1.12 bits per heavy atom. The number of carbonyl (C=O) groups is 2. The SMILES string of the molecule is Cc1ccc(NC(=O)c2ccc(C=CC(=O)NOC3CCCCO3)cc2)cc1Nc1nc(-c2cccnc2)cs1. The van der Waals surface area contributed by atoms with Crippen LogP contribution in [0.3, 0.4) is 0 Å². The lowest BCUT2D eigenvalue weighted by atomic mass is 10.1. The van der Waals surface area contributed by atoms with Crippen LogP contribution in [-0.4, -0.2) is 34.7 Å². The Labute approximate surface area is 236 Å². The van der Waals surface area contributed by atoms with Crippen LogP contribution in [-0.2, 0) is 14.4 Å². The monoisotopic (exact) mass is 555 g/mol. The van der Waals surface area contributed by atoms with Crippen LogP contribution in [0.5, 0.6) is 0 Å². The summed E-state index contributed by atoms with van der Waals surface area (Å²) >= 11 is 1.50. The molecule has 4 aromatic rings. The van der Waals surface area contributed by atoms with E-state index in [4.69, 9.17) is 9.57 Å². The predicted molar refractivity (Wildman–Crippen MR) is 156 cm³/mol. The molecule has 10 heteroatoms. The fourth-order valence-corrected chi connectivity index (χ4v) is 4.74. The minimum Gasteiger partial charge on any atom is -0.350 e. The molecule has 2 amide bonds. The number of rotatable bonds is 9. The summed E-state index contributed by atoms with van der Waals surface area (Å²) in [5, 5.41) is 9.02. The van der Waals surface area contributed by atoms with Crippen molar-refractivity contribution in [3.8, 4) is 11.3 Å². The van der Waals surface area contributed by atoms with Gasteiger partial charge in [-0.2, -0.15) is 0 Å². The molecule has 3 N–H and O–H groups in total. The van der Waals surface area contributed by atoms with Gasteiger partial charge in [-0.05, 0) is 73.4 Å². The highest BCUT2D eigenvalue weighted by Gasteiger charge is 2.15. The molecule has 204 valence electrons. The van der Waals surface area contributed by atoms with Gasteiger partial charge < -0.3 is 15.4 Å². The van der Waals surface area contributed by atoms with E-state index >= 15 is 0 Å². The molecule has 5 rings (SSSR count). The molecule has 0 radical (unpaired) electrons. The zero-order chi connectivity index (χ0) is 27.7. The quantitative estimate of drug-likeness (QED) is 0.169. The first-order chi connectivity index (χ1) is 19.5. The summed E-state index contributed by atoms with van der Waals surface area (Å²) in [6.45, 7) is 2.63. The summed E-state index contributed by atoms with van der Waals surface area (Å²) in [4.78, 5) is 39.0. The highest BCUT2D eigenvalue weighted by atomic mass is 32.1. The Morgan fingerprint density at radius 2 is 2.00 bits per heavy atom. The summed E-state index contributed by atoms with van der Waals surface area (Å²) in [5.74, 6) is -0.622. The number of aryl methyl sites for hydroxylation is 1. The molecule has 1 fully saturated rings. The van der Waals surface area contributed by atoms with Crippen molar-refractivity contribution in [2.24, 2.45) is 0 Å². The highest BCUT2D eigenvalue weighted by Crippen LogP contribution is 2.29. The van der Waals surface area contributed by atoms with Crippen molar-refractivity contribution in [3.05, 3.63) is 95.1 Å². The molecule has 0 spiro atoms. The lowest BCUT2D eigenvalue weighted by Crippen LogP contribution is -2.32. The van der Waals surface area contributed by atoms with Crippen LogP contribution in [0, 0.1) is 6.92 Å². The van der Waals surface area contributed by atoms with Gasteiger partial charge in [0, 0.05) is 59.4 Å². The van der Waals surface area contributed by atoms with Gasteiger partial charge in [0.25, 0.3) is 11.8 Å². The van der Waals surface area contributed by atoms with Crippen molar-refractivity contribution in [3.63, 3.8) is 0 Å². The molecular formula is C30H29N5O4S. The molecule has 1 aliphatic heterocycles. The molecule has 1 atom stereocenters. The van der Waals surface area contributed by atoms with Gasteiger partial charge in [0.05, 0.1) is 5.69 Å². The third kappa shape index (κ3) is 7.38. The number of amides is 2. The minimum atomic E-state index is -0.401. The molecule has 1 aliphatic rings. The van der Waals surface area contributed by atoms with Crippen molar-refractivity contribution >= 4 is 45.7 Å². The number of benzene rings is 2. The van der Waals surface area contributed by atoms with E-state index in [0.717, 1.165) is 52.5 Å². The molecule has 0 saturated carbocycles. The van der Waals surface area contributed by atoms with E-state index in [1.54, 1.807) is 42.7 Å². The van der Waals surface area contributed by atoms with E-state index in [1.807, 2.05) is 42.6 Å². The van der Waals surface area contributed by atoms with Crippen LogP contribution in [0.1, 0.15) is 40.7 Å². The van der Waals surface area contributed by atoms with Gasteiger partial charge in [-0.15, -0.1) is 11.3 Å². The van der Waals surface area contributed by atoms with Gasteiger partial charge in [-0.25, -0.2) is 15.3 Å². The van der Waals surface area contributed by atoms with Crippen LogP contribution in [0.2, 0.25) is 0 Å². The number of nitrogens with one attached hydrogen (secondary N) is 3. The average Bonchev–Trinajstić information content (AvgIpc) is 3.46. The van der Waals surface area contributed by atoms with Gasteiger partial charge in [0.2, 0.25) is 0 Å². The van der Waals surface area contributed by atoms with Crippen LogP contribution in [0.4, 0.5) is 16.5 Å². The van der Waals surface area contributed by atoms with E-state index in [2.05, 4.69) is 26.1 Å². The number of aromatic nitrogens is 2. The number of hydroxylamine groups is 1. The topological polar surface area (TPSA) is 114 Å². The summed E-state index contributed by atoms with van der Waals surface area (Å²) in [7, 11) is 0. The summed E-state index contributed by atoms with van der Waals surface area (Å²) in [6.07, 6.45) is 8.92. The van der Waals surface area contributed by atoms with E-state index < -0.39 is 6.29 Å². The number of nitrogens with zero attached hydrogens (tertiary/aromatic N) is 2. The minimum absolute atomic E-state index is 0.239. The predicted octanol–water partition coefficient (Wildman–Crippen LogP) is 6.10. The maximum absolute atomic E-state index is 12.9. The second kappa shape index (κ2) is 13.1.